The van der Waals surface area contributed by atoms with Gasteiger partial charge in [-0.1, -0.05) is 25.8 Å². The van der Waals surface area contributed by atoms with Crippen LogP contribution in [0.15, 0.2) is 12.2 Å². The second-order valence-corrected chi connectivity index (χ2v) is 10.4. The first-order valence-corrected chi connectivity index (χ1v) is 13.1. The summed E-state index contributed by atoms with van der Waals surface area (Å²) in [7, 11) is 0. The van der Waals surface area contributed by atoms with E-state index in [2.05, 4.69) is 6.92 Å². The fraction of sp³-hybridized carbons (Fsp3) is 0.852. The van der Waals surface area contributed by atoms with Gasteiger partial charge in [-0.05, 0) is 109 Å². The second-order valence-electron chi connectivity index (χ2n) is 10.4. The van der Waals surface area contributed by atoms with Crippen molar-refractivity contribution < 1.29 is 19.1 Å². The van der Waals surface area contributed by atoms with Crippen LogP contribution in [-0.4, -0.2) is 23.6 Å². The molecule has 3 aliphatic rings. The molecule has 0 aromatic carbocycles. The maximum absolute atomic E-state index is 13.0. The van der Waals surface area contributed by atoms with Gasteiger partial charge < -0.3 is 9.47 Å². The molecule has 0 saturated heterocycles. The van der Waals surface area contributed by atoms with Gasteiger partial charge in [0.05, 0.1) is 5.92 Å². The van der Waals surface area contributed by atoms with Crippen molar-refractivity contribution in [2.75, 3.05) is 0 Å². The monoisotopic (exact) mass is 432 g/mol. The van der Waals surface area contributed by atoms with Gasteiger partial charge >= 0.3 is 11.9 Å². The molecule has 0 aliphatic heterocycles. The van der Waals surface area contributed by atoms with Gasteiger partial charge in [0.15, 0.2) is 0 Å². The van der Waals surface area contributed by atoms with Gasteiger partial charge in [0, 0.05) is 6.08 Å². The van der Waals surface area contributed by atoms with Crippen LogP contribution in [-0.2, 0) is 19.1 Å². The fourth-order valence-corrected chi connectivity index (χ4v) is 6.24. The number of hydrogen-bond acceptors (Lipinski definition) is 4. The van der Waals surface area contributed by atoms with E-state index in [1.54, 1.807) is 6.08 Å². The van der Waals surface area contributed by atoms with Gasteiger partial charge in [-0.3, -0.25) is 4.79 Å². The average molecular weight is 433 g/mol. The van der Waals surface area contributed by atoms with Crippen LogP contribution in [0.5, 0.6) is 0 Å². The summed E-state index contributed by atoms with van der Waals surface area (Å²) >= 11 is 0. The topological polar surface area (TPSA) is 52.6 Å². The molecule has 0 amide bonds. The molecule has 3 rings (SSSR count). The van der Waals surface area contributed by atoms with Crippen molar-refractivity contribution >= 4 is 11.9 Å². The number of esters is 2. The highest BCUT2D eigenvalue weighted by Crippen LogP contribution is 2.42. The number of ether oxygens (including phenoxy) is 2. The fourth-order valence-electron chi connectivity index (χ4n) is 6.24. The summed E-state index contributed by atoms with van der Waals surface area (Å²) in [5.74, 6) is 1.44. The van der Waals surface area contributed by atoms with E-state index in [1.165, 1.54) is 31.8 Å². The van der Waals surface area contributed by atoms with E-state index in [4.69, 9.17) is 9.47 Å². The molecule has 3 fully saturated rings. The second kappa shape index (κ2) is 12.1. The Bertz CT molecular complexity index is 588. The van der Waals surface area contributed by atoms with Gasteiger partial charge in [-0.15, -0.1) is 0 Å². The van der Waals surface area contributed by atoms with E-state index in [0.29, 0.717) is 0 Å². The maximum Gasteiger partial charge on any atom is 0.330 e. The Morgan fingerprint density at radius 2 is 1.52 bits per heavy atom. The van der Waals surface area contributed by atoms with Crippen molar-refractivity contribution in [3.05, 3.63) is 12.2 Å². The minimum absolute atomic E-state index is 0.0843. The van der Waals surface area contributed by atoms with Crippen molar-refractivity contribution in [2.45, 2.75) is 128 Å². The molecule has 0 atom stereocenters. The first-order valence-electron chi connectivity index (χ1n) is 13.1. The molecule has 4 heteroatoms. The molecule has 0 spiro atoms. The van der Waals surface area contributed by atoms with Gasteiger partial charge in [-0.2, -0.15) is 0 Å². The number of rotatable bonds is 8. The van der Waals surface area contributed by atoms with Crippen LogP contribution in [0.1, 0.15) is 117 Å². The molecule has 0 N–H and O–H groups in total. The summed E-state index contributed by atoms with van der Waals surface area (Å²) in [5, 5.41) is 0. The third-order valence-corrected chi connectivity index (χ3v) is 8.14. The molecule has 0 unspecified atom stereocenters. The number of allylic oxidation sites excluding steroid dienone is 1. The van der Waals surface area contributed by atoms with E-state index in [-0.39, 0.29) is 29.6 Å². The van der Waals surface area contributed by atoms with Crippen molar-refractivity contribution in [3.63, 3.8) is 0 Å². The molecule has 0 bridgehead atoms. The van der Waals surface area contributed by atoms with Crippen LogP contribution in [0.25, 0.3) is 0 Å². The Balaban J connectivity index is 1.42. The quantitative estimate of drug-likeness (QED) is 0.309. The van der Waals surface area contributed by atoms with Crippen molar-refractivity contribution in [2.24, 2.45) is 17.8 Å². The Morgan fingerprint density at radius 1 is 0.903 bits per heavy atom. The predicted octanol–water partition coefficient (Wildman–Crippen LogP) is 6.91. The molecular weight excluding hydrogens is 388 g/mol. The number of hydrogen-bond donors (Lipinski definition) is 0. The average Bonchev–Trinajstić information content (AvgIpc) is 2.79. The SMILES string of the molecule is C/C=C/C(=O)OC1CCC(C2CCC(C(=O)OC3(CCCC)CCCCC3)CC2)CC1. The largest absolute Gasteiger partial charge is 0.459 e. The lowest BCUT2D eigenvalue weighted by atomic mass is 9.70. The van der Waals surface area contributed by atoms with Crippen molar-refractivity contribution in [1.82, 2.24) is 0 Å². The highest BCUT2D eigenvalue weighted by Gasteiger charge is 2.39. The Kier molecular flexibility index (Phi) is 9.47. The van der Waals surface area contributed by atoms with Crippen LogP contribution >= 0.6 is 0 Å². The van der Waals surface area contributed by atoms with E-state index in [9.17, 15) is 9.59 Å². The minimum atomic E-state index is -0.209. The first-order chi connectivity index (χ1) is 15.0. The van der Waals surface area contributed by atoms with Gasteiger partial charge in [0.1, 0.15) is 11.7 Å². The van der Waals surface area contributed by atoms with E-state index < -0.39 is 0 Å². The number of carbonyl (C=O) groups excluding carboxylic acids is 2. The van der Waals surface area contributed by atoms with Crippen molar-refractivity contribution in [3.8, 4) is 0 Å². The molecular formula is C27H44O4. The lowest BCUT2D eigenvalue weighted by Crippen LogP contribution is -2.40. The van der Waals surface area contributed by atoms with Gasteiger partial charge in [-0.25, -0.2) is 4.79 Å². The molecule has 4 nitrogen and oxygen atoms in total. The smallest absolute Gasteiger partial charge is 0.330 e. The summed E-state index contributed by atoms with van der Waals surface area (Å²) in [6.07, 6.45) is 21.1. The summed E-state index contributed by atoms with van der Waals surface area (Å²) in [6.45, 7) is 4.06. The van der Waals surface area contributed by atoms with E-state index in [1.807, 2.05) is 6.92 Å². The van der Waals surface area contributed by atoms with Crippen LogP contribution in [0.3, 0.4) is 0 Å². The summed E-state index contributed by atoms with van der Waals surface area (Å²) in [6, 6.07) is 0. The molecule has 176 valence electrons. The third kappa shape index (κ3) is 7.08. The van der Waals surface area contributed by atoms with Crippen molar-refractivity contribution in [1.29, 1.82) is 0 Å². The first kappa shape index (κ1) is 24.3. The molecule has 0 heterocycles. The molecule has 31 heavy (non-hydrogen) atoms. The zero-order chi connectivity index (χ0) is 22.1. The highest BCUT2D eigenvalue weighted by atomic mass is 16.6. The lowest BCUT2D eigenvalue weighted by molar-refractivity contribution is -0.171. The van der Waals surface area contributed by atoms with Gasteiger partial charge in [0.2, 0.25) is 0 Å². The van der Waals surface area contributed by atoms with Gasteiger partial charge in [0.25, 0.3) is 0 Å². The lowest BCUT2D eigenvalue weighted by Gasteiger charge is -2.40. The van der Waals surface area contributed by atoms with Crippen LogP contribution < -0.4 is 0 Å². The number of unbranched alkanes of at least 4 members (excludes halogenated alkanes) is 1. The van der Waals surface area contributed by atoms with E-state index >= 15 is 0 Å². The maximum atomic E-state index is 13.0. The van der Waals surface area contributed by atoms with Crippen LogP contribution in [0.4, 0.5) is 0 Å². The van der Waals surface area contributed by atoms with E-state index in [0.717, 1.165) is 88.9 Å². The molecule has 3 saturated carbocycles. The minimum Gasteiger partial charge on any atom is -0.459 e. The number of carbonyl (C=O) groups is 2. The highest BCUT2D eigenvalue weighted by molar-refractivity contribution is 5.81. The summed E-state index contributed by atoms with van der Waals surface area (Å²) in [4.78, 5) is 24.7. The normalized spacial score (nSPS) is 31.3. The molecule has 0 aromatic rings. The van der Waals surface area contributed by atoms with Crippen LogP contribution in [0.2, 0.25) is 0 Å². The molecule has 0 aromatic heterocycles. The molecule has 3 aliphatic carbocycles. The summed E-state index contributed by atoms with van der Waals surface area (Å²) < 4.78 is 11.8. The third-order valence-electron chi connectivity index (χ3n) is 8.14. The standard InChI is InChI=1S/C27H44O4/c1-3-5-18-27(19-7-6-8-20-27)31-26(29)23-12-10-21(11-13-23)22-14-16-24(17-15-22)30-25(28)9-4-2/h4,9,21-24H,3,5-8,10-20H2,1-2H3/b9-4+. The molecule has 0 radical (unpaired) electrons. The zero-order valence-electron chi connectivity index (χ0n) is 19.9. The Labute approximate surface area is 189 Å². The predicted molar refractivity (Wildman–Crippen MR) is 124 cm³/mol. The zero-order valence-corrected chi connectivity index (χ0v) is 19.9. The van der Waals surface area contributed by atoms with Crippen LogP contribution in [0, 0.1) is 17.8 Å². The summed E-state index contributed by atoms with van der Waals surface area (Å²) in [5.41, 5.74) is -0.162. The Hall–Kier alpha value is -1.32. The Morgan fingerprint density at radius 3 is 2.10 bits per heavy atom.